The van der Waals surface area contributed by atoms with Crippen molar-refractivity contribution < 1.29 is 19.7 Å². The molecule has 4 aliphatic rings. The van der Waals surface area contributed by atoms with Gasteiger partial charge in [-0.15, -0.1) is 0 Å². The molecule has 5 heteroatoms. The molecule has 0 saturated heterocycles. The molecule has 1 aromatic carbocycles. The van der Waals surface area contributed by atoms with Gasteiger partial charge < -0.3 is 19.7 Å². The van der Waals surface area contributed by atoms with E-state index in [-0.39, 0.29) is 11.2 Å². The van der Waals surface area contributed by atoms with Crippen LogP contribution in [0.5, 0.6) is 11.5 Å². The molecule has 1 spiro atoms. The minimum atomic E-state index is -1.02. The van der Waals surface area contributed by atoms with Crippen LogP contribution in [0.25, 0.3) is 0 Å². The predicted octanol–water partition coefficient (Wildman–Crippen LogP) is 1.84. The van der Waals surface area contributed by atoms with Gasteiger partial charge in [0.2, 0.25) is 5.79 Å². The van der Waals surface area contributed by atoms with E-state index < -0.39 is 11.9 Å². The van der Waals surface area contributed by atoms with Gasteiger partial charge in [-0.1, -0.05) is 0 Å². The van der Waals surface area contributed by atoms with Crippen LogP contribution in [0.4, 0.5) is 0 Å². The third-order valence-electron chi connectivity index (χ3n) is 6.71. The third-order valence-corrected chi connectivity index (χ3v) is 6.71. The summed E-state index contributed by atoms with van der Waals surface area (Å²) in [5.41, 5.74) is 3.78. The molecule has 0 radical (unpaired) electrons. The number of aliphatic hydroxyl groups excluding tert-OH is 1. The molecule has 23 heavy (non-hydrogen) atoms. The quantitative estimate of drug-likeness (QED) is 0.827. The van der Waals surface area contributed by atoms with Crippen LogP contribution in [0.15, 0.2) is 6.07 Å². The number of phenols is 1. The normalized spacial score (nSPS) is 40.7. The van der Waals surface area contributed by atoms with Gasteiger partial charge >= 0.3 is 0 Å². The van der Waals surface area contributed by atoms with Crippen LogP contribution in [0, 0.1) is 0 Å². The highest BCUT2D eigenvalue weighted by Gasteiger charge is 2.62. The molecule has 2 aliphatic heterocycles. The molecule has 2 bridgehead atoms. The summed E-state index contributed by atoms with van der Waals surface area (Å²) in [4.78, 5) is 2.42. The summed E-state index contributed by atoms with van der Waals surface area (Å²) in [5, 5.41) is 21.1. The largest absolute Gasteiger partial charge is 0.504 e. The minimum Gasteiger partial charge on any atom is -0.504 e. The fourth-order valence-corrected chi connectivity index (χ4v) is 5.56. The first-order chi connectivity index (χ1) is 11.0. The van der Waals surface area contributed by atoms with Gasteiger partial charge in [0.15, 0.2) is 11.5 Å². The number of rotatable bonds is 1. The minimum absolute atomic E-state index is 0.0467. The lowest BCUT2D eigenvalue weighted by molar-refractivity contribution is -0.261. The maximum absolute atomic E-state index is 10.6. The second-order valence-electron chi connectivity index (χ2n) is 7.75. The van der Waals surface area contributed by atoms with Gasteiger partial charge in [0.25, 0.3) is 0 Å². The molecule has 2 aliphatic carbocycles. The molecule has 5 rings (SSSR count). The number of ether oxygens (including phenoxy) is 2. The number of benzene rings is 1. The van der Waals surface area contributed by atoms with Gasteiger partial charge in [-0.05, 0) is 49.9 Å². The number of phenolic OH excluding ortho intramolecular Hbond substituents is 1. The Morgan fingerprint density at radius 3 is 3.04 bits per heavy atom. The number of likely N-dealkylation sites (N-methyl/N-ethyl adjacent to an activating group) is 1. The topological polar surface area (TPSA) is 62.2 Å². The van der Waals surface area contributed by atoms with E-state index in [2.05, 4.69) is 11.9 Å². The summed E-state index contributed by atoms with van der Waals surface area (Å²) in [6.07, 6.45) is 3.62. The standard InChI is InChI=1S/C18H23NO4/c1-19-6-4-10-7-12(20)16-15-14(10)11(19)8-17(15)5-3-13(21)18(9-17,22-2)23-16/h7,11,13,20-21H,3-6,8-9H2,1-2H3/t11-,13+,17-,18+/m0/s1. The van der Waals surface area contributed by atoms with Crippen molar-refractivity contribution in [1.29, 1.82) is 0 Å². The zero-order chi connectivity index (χ0) is 16.0. The maximum Gasteiger partial charge on any atom is 0.237 e. The van der Waals surface area contributed by atoms with E-state index in [1.165, 1.54) is 16.7 Å². The lowest BCUT2D eigenvalue weighted by atomic mass is 9.65. The van der Waals surface area contributed by atoms with Crippen molar-refractivity contribution in [2.24, 2.45) is 0 Å². The second-order valence-corrected chi connectivity index (χ2v) is 7.75. The summed E-state index contributed by atoms with van der Waals surface area (Å²) in [5.74, 6) is -0.278. The van der Waals surface area contributed by atoms with Gasteiger partial charge in [-0.25, -0.2) is 0 Å². The smallest absolute Gasteiger partial charge is 0.237 e. The molecule has 124 valence electrons. The van der Waals surface area contributed by atoms with Crippen LogP contribution in [0.3, 0.4) is 0 Å². The highest BCUT2D eigenvalue weighted by molar-refractivity contribution is 5.63. The number of hydrogen-bond acceptors (Lipinski definition) is 5. The summed E-state index contributed by atoms with van der Waals surface area (Å²) >= 11 is 0. The lowest BCUT2D eigenvalue weighted by Crippen LogP contribution is -2.59. The van der Waals surface area contributed by atoms with E-state index in [4.69, 9.17) is 9.47 Å². The molecule has 2 heterocycles. The first-order valence-corrected chi connectivity index (χ1v) is 8.51. The highest BCUT2D eigenvalue weighted by Crippen LogP contribution is 2.65. The molecule has 1 fully saturated rings. The Hall–Kier alpha value is -1.30. The molecule has 0 unspecified atom stereocenters. The molecule has 1 saturated carbocycles. The SMILES string of the molecule is CO[C@@]12C[C@]3(CC[C@H]1O)C[C@H]1c4c(cc(O)c(c43)O2)CCN1C. The van der Waals surface area contributed by atoms with Crippen LogP contribution in [0.2, 0.25) is 0 Å². The fraction of sp³-hybridized carbons (Fsp3) is 0.667. The summed E-state index contributed by atoms with van der Waals surface area (Å²) in [7, 11) is 3.78. The molecule has 4 atom stereocenters. The fourth-order valence-electron chi connectivity index (χ4n) is 5.56. The van der Waals surface area contributed by atoms with E-state index >= 15 is 0 Å². The van der Waals surface area contributed by atoms with Crippen molar-refractivity contribution in [3.63, 3.8) is 0 Å². The molecular formula is C18H23NO4. The number of aliphatic hydroxyl groups is 1. The first-order valence-electron chi connectivity index (χ1n) is 8.51. The number of nitrogens with zero attached hydrogens (tertiary/aromatic N) is 1. The number of hydrogen-bond donors (Lipinski definition) is 2. The van der Waals surface area contributed by atoms with Gasteiger partial charge in [0, 0.05) is 37.1 Å². The van der Waals surface area contributed by atoms with Gasteiger partial charge in [0.1, 0.15) is 6.10 Å². The van der Waals surface area contributed by atoms with E-state index in [9.17, 15) is 10.2 Å². The Kier molecular flexibility index (Phi) is 2.57. The average molecular weight is 317 g/mol. The average Bonchev–Trinajstić information content (AvgIpc) is 2.88. The number of methoxy groups -OCH3 is 1. The summed E-state index contributed by atoms with van der Waals surface area (Å²) < 4.78 is 11.8. The van der Waals surface area contributed by atoms with Crippen molar-refractivity contribution in [3.05, 3.63) is 22.8 Å². The van der Waals surface area contributed by atoms with E-state index in [0.717, 1.165) is 25.8 Å². The molecule has 0 amide bonds. The van der Waals surface area contributed by atoms with Crippen molar-refractivity contribution in [1.82, 2.24) is 4.90 Å². The van der Waals surface area contributed by atoms with Crippen LogP contribution < -0.4 is 4.74 Å². The number of fused-ring (bicyclic) bond motifs is 1. The molecule has 5 nitrogen and oxygen atoms in total. The van der Waals surface area contributed by atoms with Gasteiger partial charge in [0.05, 0.1) is 0 Å². The molecular weight excluding hydrogens is 294 g/mol. The Bertz CT molecular complexity index is 705. The van der Waals surface area contributed by atoms with Crippen molar-refractivity contribution in [3.8, 4) is 11.5 Å². The zero-order valence-corrected chi connectivity index (χ0v) is 13.6. The van der Waals surface area contributed by atoms with E-state index in [0.29, 0.717) is 24.6 Å². The van der Waals surface area contributed by atoms with Crippen LogP contribution in [-0.4, -0.2) is 47.7 Å². The Morgan fingerprint density at radius 2 is 2.26 bits per heavy atom. The van der Waals surface area contributed by atoms with Gasteiger partial charge in [-0.3, -0.25) is 4.90 Å². The maximum atomic E-state index is 10.6. The molecule has 2 N–H and O–H groups in total. The van der Waals surface area contributed by atoms with Crippen LogP contribution >= 0.6 is 0 Å². The summed E-state index contributed by atoms with van der Waals surface area (Å²) in [6, 6.07) is 2.25. The molecule has 1 aromatic rings. The Balaban J connectivity index is 1.79. The zero-order valence-electron chi connectivity index (χ0n) is 13.6. The number of aromatic hydroxyl groups is 1. The predicted molar refractivity (Wildman–Crippen MR) is 83.7 cm³/mol. The molecule has 0 aromatic heterocycles. The van der Waals surface area contributed by atoms with Crippen molar-refractivity contribution >= 4 is 0 Å². The summed E-state index contributed by atoms with van der Waals surface area (Å²) in [6.45, 7) is 1.02. The first kappa shape index (κ1) is 14.1. The van der Waals surface area contributed by atoms with Crippen molar-refractivity contribution in [2.45, 2.75) is 55.5 Å². The highest BCUT2D eigenvalue weighted by atomic mass is 16.7. The van der Waals surface area contributed by atoms with Crippen LogP contribution in [-0.2, 0) is 16.6 Å². The lowest BCUT2D eigenvalue weighted by Gasteiger charge is -2.52. The van der Waals surface area contributed by atoms with Crippen LogP contribution in [0.1, 0.15) is 48.4 Å². The Labute approximate surface area is 135 Å². The monoisotopic (exact) mass is 317 g/mol. The third kappa shape index (κ3) is 1.53. The van der Waals surface area contributed by atoms with Crippen molar-refractivity contribution in [2.75, 3.05) is 20.7 Å². The van der Waals surface area contributed by atoms with E-state index in [1.54, 1.807) is 7.11 Å². The van der Waals surface area contributed by atoms with Gasteiger partial charge in [-0.2, -0.15) is 0 Å². The Morgan fingerprint density at radius 1 is 1.43 bits per heavy atom. The second kappa shape index (κ2) is 4.21. The van der Waals surface area contributed by atoms with E-state index in [1.807, 2.05) is 6.07 Å².